The molecule has 2 unspecified atom stereocenters. The minimum Gasteiger partial charge on any atom is -0.368 e. The zero-order chi connectivity index (χ0) is 5.28. The van der Waals surface area contributed by atoms with Crippen molar-refractivity contribution in [3.8, 4) is 0 Å². The van der Waals surface area contributed by atoms with Gasteiger partial charge in [0.2, 0.25) is 0 Å². The number of hydrogen-bond acceptors (Lipinski definition) is 3. The molecule has 1 rings (SSSR count). The average molecular weight is 104 g/mol. The van der Waals surface area contributed by atoms with Gasteiger partial charge in [0.05, 0.1) is 0 Å². The molecule has 7 heavy (non-hydrogen) atoms. The molecule has 2 N–H and O–H groups in total. The molecule has 1 fully saturated rings. The van der Waals surface area contributed by atoms with Crippen LogP contribution in [0.25, 0.3) is 0 Å². The molecule has 0 saturated carbocycles. The first-order valence-electron chi connectivity index (χ1n) is 2.30. The molecule has 0 amide bonds. The molecule has 0 aromatic carbocycles. The molecule has 42 valence electrons. The summed E-state index contributed by atoms with van der Waals surface area (Å²) >= 11 is 0. The van der Waals surface area contributed by atoms with Gasteiger partial charge in [0.15, 0.2) is 12.6 Å². The van der Waals surface area contributed by atoms with Crippen LogP contribution in [0.1, 0.15) is 12.8 Å². The minimum atomic E-state index is -0.727. The van der Waals surface area contributed by atoms with E-state index in [0.29, 0.717) is 12.8 Å². The fourth-order valence-corrected chi connectivity index (χ4v) is 0.603. The van der Waals surface area contributed by atoms with Gasteiger partial charge in [-0.3, -0.25) is 0 Å². The molecule has 1 heterocycles. The van der Waals surface area contributed by atoms with Gasteiger partial charge in [-0.15, -0.1) is 0 Å². The minimum absolute atomic E-state index is 0.557. The molecule has 3 heteroatoms. The Morgan fingerprint density at radius 3 is 1.71 bits per heavy atom. The predicted octanol–water partition coefficient (Wildman–Crippen LogP) is -0.566. The maximum Gasteiger partial charge on any atom is 0.157 e. The van der Waals surface area contributed by atoms with E-state index in [4.69, 9.17) is 10.2 Å². The molecule has 1 aliphatic heterocycles. The van der Waals surface area contributed by atoms with E-state index in [1.54, 1.807) is 0 Å². The van der Waals surface area contributed by atoms with Crippen LogP contribution in [0.2, 0.25) is 0 Å². The lowest BCUT2D eigenvalue weighted by Gasteiger charge is -1.99. The molecule has 1 saturated heterocycles. The monoisotopic (exact) mass is 104 g/mol. The molecule has 3 nitrogen and oxygen atoms in total. The third-order valence-electron chi connectivity index (χ3n) is 0.975. The third-order valence-corrected chi connectivity index (χ3v) is 0.975. The Balaban J connectivity index is 2.26. The highest BCUT2D eigenvalue weighted by Gasteiger charge is 2.19. The number of ether oxygens (including phenoxy) is 1. The summed E-state index contributed by atoms with van der Waals surface area (Å²) in [5, 5.41) is 17.0. The van der Waals surface area contributed by atoms with E-state index in [-0.39, 0.29) is 0 Å². The highest BCUT2D eigenvalue weighted by molar-refractivity contribution is 4.54. The summed E-state index contributed by atoms with van der Waals surface area (Å²) < 4.78 is 4.47. The summed E-state index contributed by atoms with van der Waals surface area (Å²) in [7, 11) is 0. The molecule has 0 aliphatic carbocycles. The second kappa shape index (κ2) is 1.78. The number of rotatable bonds is 0. The highest BCUT2D eigenvalue weighted by atomic mass is 16.7. The first kappa shape index (κ1) is 5.03. The number of aliphatic hydroxyl groups excluding tert-OH is 2. The van der Waals surface area contributed by atoms with E-state index in [9.17, 15) is 0 Å². The molecular formula is C4H8O3. The van der Waals surface area contributed by atoms with Crippen molar-refractivity contribution in [2.45, 2.75) is 25.4 Å². The van der Waals surface area contributed by atoms with Gasteiger partial charge in [-0.25, -0.2) is 0 Å². The van der Waals surface area contributed by atoms with Crippen molar-refractivity contribution < 1.29 is 14.9 Å². The Morgan fingerprint density at radius 2 is 1.57 bits per heavy atom. The van der Waals surface area contributed by atoms with Crippen molar-refractivity contribution in [3.05, 3.63) is 0 Å². The Kier molecular flexibility index (Phi) is 1.27. The van der Waals surface area contributed by atoms with Gasteiger partial charge in [0.25, 0.3) is 0 Å². The molecule has 1 aliphatic rings. The van der Waals surface area contributed by atoms with E-state index >= 15 is 0 Å². The van der Waals surface area contributed by atoms with Crippen molar-refractivity contribution in [2.75, 3.05) is 0 Å². The summed E-state index contributed by atoms with van der Waals surface area (Å²) in [5.41, 5.74) is 0. The average Bonchev–Trinajstić information content (AvgIpc) is 1.87. The third kappa shape index (κ3) is 1.12. The van der Waals surface area contributed by atoms with Gasteiger partial charge in [0.1, 0.15) is 0 Å². The Labute approximate surface area is 41.5 Å². The van der Waals surface area contributed by atoms with Crippen molar-refractivity contribution in [3.63, 3.8) is 0 Å². The summed E-state index contributed by atoms with van der Waals surface area (Å²) in [5.74, 6) is 0. The Hall–Kier alpha value is -0.120. The molecule has 0 spiro atoms. The van der Waals surface area contributed by atoms with Crippen molar-refractivity contribution >= 4 is 0 Å². The highest BCUT2D eigenvalue weighted by Crippen LogP contribution is 2.13. The van der Waals surface area contributed by atoms with Gasteiger partial charge in [-0.2, -0.15) is 0 Å². The van der Waals surface area contributed by atoms with Crippen LogP contribution in [-0.2, 0) is 4.74 Å². The lowest BCUT2D eigenvalue weighted by atomic mass is 10.3. The van der Waals surface area contributed by atoms with Gasteiger partial charge in [-0.05, 0) is 0 Å². The zero-order valence-electron chi connectivity index (χ0n) is 3.87. The van der Waals surface area contributed by atoms with Crippen LogP contribution < -0.4 is 0 Å². The van der Waals surface area contributed by atoms with Gasteiger partial charge in [0, 0.05) is 12.8 Å². The summed E-state index contributed by atoms with van der Waals surface area (Å²) in [4.78, 5) is 0. The van der Waals surface area contributed by atoms with Gasteiger partial charge < -0.3 is 14.9 Å². The molecule has 0 radical (unpaired) electrons. The maximum atomic E-state index is 8.52. The molecular weight excluding hydrogens is 96.0 g/mol. The van der Waals surface area contributed by atoms with Crippen molar-refractivity contribution in [1.29, 1.82) is 0 Å². The second-order valence-corrected chi connectivity index (χ2v) is 1.62. The zero-order valence-corrected chi connectivity index (χ0v) is 3.87. The topological polar surface area (TPSA) is 49.7 Å². The Bertz CT molecular complexity index is 56.0. The Morgan fingerprint density at radius 1 is 1.14 bits per heavy atom. The van der Waals surface area contributed by atoms with Crippen LogP contribution in [0.5, 0.6) is 0 Å². The summed E-state index contributed by atoms with van der Waals surface area (Å²) in [6, 6.07) is 0. The normalized spacial score (nSPS) is 42.0. The second-order valence-electron chi connectivity index (χ2n) is 1.62. The number of aliphatic hydroxyl groups is 2. The SMILES string of the molecule is OC1CCC(O)O1. The standard InChI is InChI=1S/C4H8O3/c5-3-1-2-4(6)7-3/h3-6H,1-2H2. The van der Waals surface area contributed by atoms with Crippen LogP contribution in [0.4, 0.5) is 0 Å². The summed E-state index contributed by atoms with van der Waals surface area (Å²) in [6.45, 7) is 0. The molecule has 0 bridgehead atoms. The first-order valence-corrected chi connectivity index (χ1v) is 2.30. The molecule has 2 atom stereocenters. The van der Waals surface area contributed by atoms with Crippen LogP contribution in [0.3, 0.4) is 0 Å². The van der Waals surface area contributed by atoms with Crippen LogP contribution in [0, 0.1) is 0 Å². The maximum absolute atomic E-state index is 8.52. The van der Waals surface area contributed by atoms with E-state index in [1.807, 2.05) is 0 Å². The fourth-order valence-electron chi connectivity index (χ4n) is 0.603. The van der Waals surface area contributed by atoms with E-state index in [2.05, 4.69) is 4.74 Å². The van der Waals surface area contributed by atoms with Crippen LogP contribution >= 0.6 is 0 Å². The van der Waals surface area contributed by atoms with E-state index < -0.39 is 12.6 Å². The summed E-state index contributed by atoms with van der Waals surface area (Å²) in [6.07, 6.45) is -0.340. The van der Waals surface area contributed by atoms with Gasteiger partial charge in [-0.1, -0.05) is 0 Å². The van der Waals surface area contributed by atoms with Crippen LogP contribution in [-0.4, -0.2) is 22.8 Å². The molecule has 0 aromatic rings. The van der Waals surface area contributed by atoms with Gasteiger partial charge >= 0.3 is 0 Å². The quantitative estimate of drug-likeness (QED) is 0.433. The lowest BCUT2D eigenvalue weighted by molar-refractivity contribution is -0.160. The fraction of sp³-hybridized carbons (Fsp3) is 1.00. The van der Waals surface area contributed by atoms with Crippen LogP contribution in [0.15, 0.2) is 0 Å². The van der Waals surface area contributed by atoms with E-state index in [0.717, 1.165) is 0 Å². The largest absolute Gasteiger partial charge is 0.368 e. The predicted molar refractivity (Wildman–Crippen MR) is 22.3 cm³/mol. The smallest absolute Gasteiger partial charge is 0.157 e. The van der Waals surface area contributed by atoms with Crippen molar-refractivity contribution in [1.82, 2.24) is 0 Å². The molecule has 0 aromatic heterocycles. The number of hydrogen-bond donors (Lipinski definition) is 2. The van der Waals surface area contributed by atoms with Crippen molar-refractivity contribution in [2.24, 2.45) is 0 Å². The lowest BCUT2D eigenvalue weighted by Crippen LogP contribution is -2.07. The van der Waals surface area contributed by atoms with E-state index in [1.165, 1.54) is 0 Å². The first-order chi connectivity index (χ1) is 3.29.